The number of nitrogens with two attached hydrogens (primary N) is 1. The molecule has 3 aromatic carbocycles. The van der Waals surface area contributed by atoms with Crippen molar-refractivity contribution >= 4 is 17.5 Å². The van der Waals surface area contributed by atoms with Gasteiger partial charge < -0.3 is 26.0 Å². The predicted molar refractivity (Wildman–Crippen MR) is 116 cm³/mol. The first-order valence-corrected chi connectivity index (χ1v) is 10.1. The summed E-state index contributed by atoms with van der Waals surface area (Å²) < 4.78 is 43.0. The topological polar surface area (TPSA) is 122 Å². The van der Waals surface area contributed by atoms with Crippen LogP contribution in [0.1, 0.15) is 28.8 Å². The van der Waals surface area contributed by atoms with Crippen LogP contribution in [0, 0.1) is 0 Å². The first kappa shape index (κ1) is 23.0. The SMILES string of the molecule is NC(=O)c1ccc(-c2cc(NC(=O)C3(c4ccc(O)c(O)c4)CC3)ccc2OC(F)(F)F)cc1. The molecule has 2 amide bonds. The third-order valence-electron chi connectivity index (χ3n) is 5.66. The zero-order chi connectivity index (χ0) is 24.7. The number of carbonyl (C=O) groups is 2. The molecule has 0 bridgehead atoms. The molecule has 176 valence electrons. The van der Waals surface area contributed by atoms with E-state index in [0.717, 1.165) is 6.07 Å². The second kappa shape index (κ2) is 8.29. The molecule has 5 N–H and O–H groups in total. The number of phenolic OH excluding ortho intramolecular Hbond substituents is 2. The second-order valence-electron chi connectivity index (χ2n) is 7.94. The molecule has 4 rings (SSSR count). The minimum atomic E-state index is -4.94. The fraction of sp³-hybridized carbons (Fsp3) is 0.167. The Balaban J connectivity index is 1.66. The summed E-state index contributed by atoms with van der Waals surface area (Å²) in [6, 6.07) is 13.4. The molecule has 0 heterocycles. The van der Waals surface area contributed by atoms with E-state index in [1.54, 1.807) is 0 Å². The first-order valence-electron chi connectivity index (χ1n) is 10.1. The molecule has 3 aromatic rings. The number of phenols is 2. The highest BCUT2D eigenvalue weighted by atomic mass is 19.4. The Labute approximate surface area is 191 Å². The van der Waals surface area contributed by atoms with Gasteiger partial charge in [-0.15, -0.1) is 13.2 Å². The van der Waals surface area contributed by atoms with Crippen molar-refractivity contribution in [1.29, 1.82) is 0 Å². The maximum absolute atomic E-state index is 13.1. The van der Waals surface area contributed by atoms with Crippen LogP contribution in [0.2, 0.25) is 0 Å². The average Bonchev–Trinajstić information content (AvgIpc) is 3.58. The van der Waals surface area contributed by atoms with Crippen LogP contribution < -0.4 is 15.8 Å². The highest BCUT2D eigenvalue weighted by Crippen LogP contribution is 2.50. The van der Waals surface area contributed by atoms with Gasteiger partial charge in [-0.2, -0.15) is 0 Å². The van der Waals surface area contributed by atoms with Crippen molar-refractivity contribution in [1.82, 2.24) is 0 Å². The van der Waals surface area contributed by atoms with Crippen LogP contribution >= 0.6 is 0 Å². The summed E-state index contributed by atoms with van der Waals surface area (Å²) in [5.74, 6) is -2.24. The molecule has 0 radical (unpaired) electrons. The Bertz CT molecular complexity index is 1270. The van der Waals surface area contributed by atoms with E-state index in [9.17, 15) is 33.0 Å². The van der Waals surface area contributed by atoms with Gasteiger partial charge in [0.25, 0.3) is 0 Å². The summed E-state index contributed by atoms with van der Waals surface area (Å²) in [4.78, 5) is 24.4. The molecule has 34 heavy (non-hydrogen) atoms. The van der Waals surface area contributed by atoms with Crippen molar-refractivity contribution in [2.45, 2.75) is 24.6 Å². The Morgan fingerprint density at radius 3 is 2.18 bits per heavy atom. The van der Waals surface area contributed by atoms with Gasteiger partial charge >= 0.3 is 6.36 Å². The summed E-state index contributed by atoms with van der Waals surface area (Å²) in [6.45, 7) is 0. The lowest BCUT2D eigenvalue weighted by Crippen LogP contribution is -2.27. The number of halogens is 3. The van der Waals surface area contributed by atoms with Gasteiger partial charge in [0.2, 0.25) is 11.8 Å². The number of amides is 2. The number of hydrogen-bond acceptors (Lipinski definition) is 5. The molecule has 0 aromatic heterocycles. The minimum Gasteiger partial charge on any atom is -0.504 e. The van der Waals surface area contributed by atoms with E-state index in [1.165, 1.54) is 54.6 Å². The Kier molecular flexibility index (Phi) is 5.60. The number of alkyl halides is 3. The number of carbonyl (C=O) groups excluding carboxylic acids is 2. The number of rotatable bonds is 6. The number of aromatic hydroxyl groups is 2. The van der Waals surface area contributed by atoms with E-state index in [0.29, 0.717) is 24.0 Å². The van der Waals surface area contributed by atoms with Crippen LogP contribution in [-0.2, 0) is 10.2 Å². The average molecular weight is 472 g/mol. The van der Waals surface area contributed by atoms with E-state index < -0.39 is 29.3 Å². The van der Waals surface area contributed by atoms with Gasteiger partial charge in [0.05, 0.1) is 5.41 Å². The number of benzene rings is 3. The molecule has 1 aliphatic rings. The predicted octanol–water partition coefficient (Wildman–Crippen LogP) is 4.43. The van der Waals surface area contributed by atoms with Crippen molar-refractivity contribution in [3.8, 4) is 28.4 Å². The van der Waals surface area contributed by atoms with Crippen LogP contribution in [0.5, 0.6) is 17.2 Å². The quantitative estimate of drug-likeness (QED) is 0.396. The molecule has 7 nitrogen and oxygen atoms in total. The number of hydrogen-bond donors (Lipinski definition) is 4. The van der Waals surface area contributed by atoms with Crippen LogP contribution in [0.3, 0.4) is 0 Å². The van der Waals surface area contributed by atoms with E-state index in [-0.39, 0.29) is 28.3 Å². The fourth-order valence-corrected chi connectivity index (χ4v) is 3.70. The van der Waals surface area contributed by atoms with Gasteiger partial charge in [0.15, 0.2) is 11.5 Å². The van der Waals surface area contributed by atoms with Crippen molar-refractivity contribution in [2.24, 2.45) is 5.73 Å². The normalized spacial score (nSPS) is 14.3. The molecule has 0 unspecified atom stereocenters. The molecular formula is C24H19F3N2O5. The lowest BCUT2D eigenvalue weighted by Gasteiger charge is -2.18. The lowest BCUT2D eigenvalue weighted by molar-refractivity contribution is -0.274. The molecule has 0 atom stereocenters. The van der Waals surface area contributed by atoms with E-state index in [1.807, 2.05) is 0 Å². The van der Waals surface area contributed by atoms with Gasteiger partial charge in [-0.3, -0.25) is 9.59 Å². The van der Waals surface area contributed by atoms with Gasteiger partial charge in [-0.1, -0.05) is 18.2 Å². The highest BCUT2D eigenvalue weighted by molar-refractivity contribution is 6.02. The standard InChI is InChI=1S/C24H19F3N2O5/c25-24(26,27)34-20-8-6-16(12-17(20)13-1-3-14(4-2-13)21(28)32)29-22(33)23(9-10-23)15-5-7-18(30)19(31)11-15/h1-8,11-12,30-31H,9-10H2,(H2,28,32)(H,29,33). The van der Waals surface area contributed by atoms with Crippen molar-refractivity contribution < 1.29 is 37.7 Å². The molecule has 0 aliphatic heterocycles. The maximum Gasteiger partial charge on any atom is 0.573 e. The molecule has 1 aliphatic carbocycles. The zero-order valence-electron chi connectivity index (χ0n) is 17.5. The van der Waals surface area contributed by atoms with E-state index >= 15 is 0 Å². The van der Waals surface area contributed by atoms with Gasteiger partial charge in [0, 0.05) is 16.8 Å². The third kappa shape index (κ3) is 4.61. The minimum absolute atomic E-state index is 0.0401. The number of ether oxygens (including phenoxy) is 1. The molecule has 0 spiro atoms. The van der Waals surface area contributed by atoms with Gasteiger partial charge in [0.1, 0.15) is 5.75 Å². The largest absolute Gasteiger partial charge is 0.573 e. The zero-order valence-corrected chi connectivity index (χ0v) is 17.5. The maximum atomic E-state index is 13.1. The Hall–Kier alpha value is -4.21. The highest BCUT2D eigenvalue weighted by Gasteiger charge is 2.51. The Morgan fingerprint density at radius 1 is 0.941 bits per heavy atom. The smallest absolute Gasteiger partial charge is 0.504 e. The lowest BCUT2D eigenvalue weighted by atomic mass is 9.94. The van der Waals surface area contributed by atoms with Crippen LogP contribution in [0.25, 0.3) is 11.1 Å². The summed E-state index contributed by atoms with van der Waals surface area (Å²) in [5.41, 5.74) is 5.56. The van der Waals surface area contributed by atoms with Gasteiger partial charge in [-0.25, -0.2) is 0 Å². The van der Waals surface area contributed by atoms with Crippen molar-refractivity contribution in [3.05, 3.63) is 71.8 Å². The van der Waals surface area contributed by atoms with E-state index in [4.69, 9.17) is 5.73 Å². The monoisotopic (exact) mass is 472 g/mol. The number of primary amides is 1. The molecule has 1 fully saturated rings. The first-order chi connectivity index (χ1) is 16.0. The Morgan fingerprint density at radius 2 is 1.62 bits per heavy atom. The second-order valence-corrected chi connectivity index (χ2v) is 7.94. The van der Waals surface area contributed by atoms with Crippen LogP contribution in [0.15, 0.2) is 60.7 Å². The van der Waals surface area contributed by atoms with Crippen LogP contribution in [-0.4, -0.2) is 28.4 Å². The van der Waals surface area contributed by atoms with Crippen molar-refractivity contribution in [3.63, 3.8) is 0 Å². The molecule has 1 saturated carbocycles. The summed E-state index contributed by atoms with van der Waals surface area (Å²) in [5, 5.41) is 22.0. The van der Waals surface area contributed by atoms with Crippen LogP contribution in [0.4, 0.5) is 18.9 Å². The molecule has 10 heteroatoms. The molecule has 0 saturated heterocycles. The summed E-state index contributed by atoms with van der Waals surface area (Å²) >= 11 is 0. The fourth-order valence-electron chi connectivity index (χ4n) is 3.70. The summed E-state index contributed by atoms with van der Waals surface area (Å²) in [6.07, 6.45) is -3.94. The van der Waals surface area contributed by atoms with E-state index in [2.05, 4.69) is 10.1 Å². The summed E-state index contributed by atoms with van der Waals surface area (Å²) in [7, 11) is 0. The molecular weight excluding hydrogens is 453 g/mol. The third-order valence-corrected chi connectivity index (χ3v) is 5.66. The van der Waals surface area contributed by atoms with Crippen molar-refractivity contribution in [2.75, 3.05) is 5.32 Å². The number of anilines is 1. The van der Waals surface area contributed by atoms with Gasteiger partial charge in [-0.05, 0) is 66.4 Å². The number of nitrogens with one attached hydrogen (secondary N) is 1.